The average Bonchev–Trinajstić information content (AvgIpc) is 3.14. The van der Waals surface area contributed by atoms with E-state index in [4.69, 9.17) is 4.52 Å². The molecule has 2 aromatic rings. The lowest BCUT2D eigenvalue weighted by Gasteiger charge is -2.21. The second-order valence-corrected chi connectivity index (χ2v) is 7.32. The van der Waals surface area contributed by atoms with Crippen molar-refractivity contribution in [2.45, 2.75) is 58.4 Å². The molecule has 8 heteroatoms. The molecule has 27 heavy (non-hydrogen) atoms. The van der Waals surface area contributed by atoms with Crippen molar-refractivity contribution >= 4 is 17.6 Å². The number of likely N-dealkylation sites (tertiary alicyclic amines) is 1. The van der Waals surface area contributed by atoms with Crippen molar-refractivity contribution in [3.8, 4) is 0 Å². The molecule has 2 amide bonds. The van der Waals surface area contributed by atoms with E-state index in [-0.39, 0.29) is 17.6 Å². The summed E-state index contributed by atoms with van der Waals surface area (Å²) in [6.07, 6.45) is 7.14. The Morgan fingerprint density at radius 1 is 1.07 bits per heavy atom. The molecule has 4 rings (SSSR count). The number of rotatable bonds is 3. The molecule has 0 saturated carbocycles. The Morgan fingerprint density at radius 2 is 1.81 bits per heavy atom. The number of hydrogen-bond acceptors (Lipinski definition) is 5. The number of anilines is 1. The third kappa shape index (κ3) is 3.61. The van der Waals surface area contributed by atoms with Crippen LogP contribution >= 0.6 is 0 Å². The number of nitrogens with one attached hydrogen (secondary N) is 1. The molecule has 2 aliphatic heterocycles. The summed E-state index contributed by atoms with van der Waals surface area (Å²) < 4.78 is 6.90. The minimum absolute atomic E-state index is 0.0427. The summed E-state index contributed by atoms with van der Waals surface area (Å²) in [6.45, 7) is 4.00. The van der Waals surface area contributed by atoms with Crippen LogP contribution in [0.15, 0.2) is 10.6 Å². The zero-order chi connectivity index (χ0) is 18.8. The fraction of sp³-hybridized carbons (Fsp3) is 0.579. The summed E-state index contributed by atoms with van der Waals surface area (Å²) in [5.41, 5.74) is 1.33. The number of hydrogen-bond donors (Lipinski definition) is 1. The number of carbonyl (C=O) groups is 2. The highest BCUT2D eigenvalue weighted by atomic mass is 16.5. The van der Waals surface area contributed by atoms with Gasteiger partial charge in [-0.1, -0.05) is 18.0 Å². The normalized spacial score (nSPS) is 17.3. The van der Waals surface area contributed by atoms with Crippen molar-refractivity contribution in [2.24, 2.45) is 0 Å². The molecule has 2 aromatic heterocycles. The zero-order valence-electron chi connectivity index (χ0n) is 15.7. The van der Waals surface area contributed by atoms with Gasteiger partial charge < -0.3 is 19.3 Å². The lowest BCUT2D eigenvalue weighted by Crippen LogP contribution is -2.33. The molecule has 0 bridgehead atoms. The number of aryl methyl sites for hydroxylation is 1. The molecule has 8 nitrogen and oxygen atoms in total. The van der Waals surface area contributed by atoms with Crippen LogP contribution in [-0.2, 0) is 13.0 Å². The van der Waals surface area contributed by atoms with Gasteiger partial charge in [-0.05, 0) is 39.0 Å². The van der Waals surface area contributed by atoms with Crippen molar-refractivity contribution in [3.05, 3.63) is 29.0 Å². The topological polar surface area (TPSA) is 93.3 Å². The predicted octanol–water partition coefficient (Wildman–Crippen LogP) is 2.78. The van der Waals surface area contributed by atoms with Crippen molar-refractivity contribution in [2.75, 3.05) is 18.4 Å². The molecular formula is C19H25N5O3. The van der Waals surface area contributed by atoms with Gasteiger partial charge in [0.25, 0.3) is 11.8 Å². The van der Waals surface area contributed by atoms with Gasteiger partial charge in [0.05, 0.1) is 5.69 Å². The van der Waals surface area contributed by atoms with E-state index < -0.39 is 0 Å². The van der Waals surface area contributed by atoms with Gasteiger partial charge in [0.2, 0.25) is 0 Å². The maximum atomic E-state index is 13.1. The van der Waals surface area contributed by atoms with Crippen LogP contribution in [0.25, 0.3) is 0 Å². The largest absolute Gasteiger partial charge is 0.360 e. The maximum absolute atomic E-state index is 13.1. The number of imidazole rings is 1. The second kappa shape index (κ2) is 7.54. The summed E-state index contributed by atoms with van der Waals surface area (Å²) >= 11 is 0. The number of nitrogens with zero attached hydrogens (tertiary/aromatic N) is 4. The van der Waals surface area contributed by atoms with Gasteiger partial charge in [-0.15, -0.1) is 0 Å². The van der Waals surface area contributed by atoms with Crippen LogP contribution in [0.1, 0.15) is 71.1 Å². The summed E-state index contributed by atoms with van der Waals surface area (Å²) in [5, 5.41) is 6.52. The van der Waals surface area contributed by atoms with Gasteiger partial charge in [0, 0.05) is 25.7 Å². The van der Waals surface area contributed by atoms with Gasteiger partial charge in [-0.3, -0.25) is 9.59 Å². The molecule has 2 aliphatic rings. The highest BCUT2D eigenvalue weighted by Crippen LogP contribution is 2.24. The molecule has 144 valence electrons. The molecule has 0 radical (unpaired) electrons. The van der Waals surface area contributed by atoms with Gasteiger partial charge >= 0.3 is 0 Å². The van der Waals surface area contributed by atoms with Gasteiger partial charge in [0.15, 0.2) is 11.6 Å². The molecule has 0 aliphatic carbocycles. The number of aromatic nitrogens is 3. The van der Waals surface area contributed by atoms with Gasteiger partial charge in [0.1, 0.15) is 11.5 Å². The minimum Gasteiger partial charge on any atom is -0.360 e. The van der Waals surface area contributed by atoms with Gasteiger partial charge in [-0.2, -0.15) is 0 Å². The average molecular weight is 371 g/mol. The molecule has 0 atom stereocenters. The summed E-state index contributed by atoms with van der Waals surface area (Å²) in [5.74, 6) is 0.849. The third-order valence-corrected chi connectivity index (χ3v) is 5.29. The molecule has 4 heterocycles. The minimum atomic E-state index is -0.360. The van der Waals surface area contributed by atoms with Crippen LogP contribution in [0.3, 0.4) is 0 Å². The Balaban J connectivity index is 1.62. The van der Waals surface area contributed by atoms with E-state index >= 15 is 0 Å². The Morgan fingerprint density at radius 3 is 2.52 bits per heavy atom. The van der Waals surface area contributed by atoms with Crippen LogP contribution in [0.4, 0.5) is 5.82 Å². The second-order valence-electron chi connectivity index (χ2n) is 7.32. The van der Waals surface area contributed by atoms with Gasteiger partial charge in [-0.25, -0.2) is 4.98 Å². The first kappa shape index (κ1) is 17.8. The molecule has 1 N–H and O–H groups in total. The summed E-state index contributed by atoms with van der Waals surface area (Å²) in [4.78, 5) is 32.3. The van der Waals surface area contributed by atoms with E-state index in [0.717, 1.165) is 63.7 Å². The fourth-order valence-corrected chi connectivity index (χ4v) is 3.91. The number of fused-ring (bicyclic) bond motifs is 1. The maximum Gasteiger partial charge on any atom is 0.292 e. The quantitative estimate of drug-likeness (QED) is 0.895. The van der Waals surface area contributed by atoms with E-state index in [9.17, 15) is 9.59 Å². The Labute approximate surface area is 157 Å². The van der Waals surface area contributed by atoms with Crippen LogP contribution in [0, 0.1) is 6.92 Å². The van der Waals surface area contributed by atoms with Crippen molar-refractivity contribution in [1.82, 2.24) is 19.6 Å². The fourth-order valence-electron chi connectivity index (χ4n) is 3.91. The zero-order valence-corrected chi connectivity index (χ0v) is 15.7. The molecule has 0 spiro atoms. The Bertz CT molecular complexity index is 846. The Kier molecular flexibility index (Phi) is 4.96. The highest BCUT2D eigenvalue weighted by molar-refractivity contribution is 6.03. The van der Waals surface area contributed by atoms with E-state index in [2.05, 4.69) is 15.5 Å². The van der Waals surface area contributed by atoms with E-state index in [0.29, 0.717) is 23.8 Å². The van der Waals surface area contributed by atoms with Crippen molar-refractivity contribution < 1.29 is 14.1 Å². The molecule has 1 saturated heterocycles. The SMILES string of the molecule is Cc1cc(NC(=O)c2nc(C(=O)N3CCCCCC3)c3n2CCCC3)no1. The first-order chi connectivity index (χ1) is 13.1. The van der Waals surface area contributed by atoms with Crippen LogP contribution in [0.5, 0.6) is 0 Å². The first-order valence-corrected chi connectivity index (χ1v) is 9.77. The molecular weight excluding hydrogens is 346 g/mol. The highest BCUT2D eigenvalue weighted by Gasteiger charge is 2.30. The van der Waals surface area contributed by atoms with Crippen LogP contribution in [-0.4, -0.2) is 44.5 Å². The lowest BCUT2D eigenvalue weighted by atomic mass is 10.1. The predicted molar refractivity (Wildman–Crippen MR) is 98.7 cm³/mol. The van der Waals surface area contributed by atoms with E-state index in [1.165, 1.54) is 0 Å². The van der Waals surface area contributed by atoms with E-state index in [1.807, 2.05) is 9.47 Å². The monoisotopic (exact) mass is 371 g/mol. The first-order valence-electron chi connectivity index (χ1n) is 9.77. The van der Waals surface area contributed by atoms with Crippen molar-refractivity contribution in [3.63, 3.8) is 0 Å². The molecule has 1 fully saturated rings. The number of carbonyl (C=O) groups excluding carboxylic acids is 2. The standard InChI is InChI=1S/C19H25N5O3/c1-13-12-15(22-27-13)20-18(25)17-21-16(14-8-4-7-11-24(14)17)19(26)23-9-5-2-3-6-10-23/h12H,2-11H2,1H3,(H,20,22,25). The lowest BCUT2D eigenvalue weighted by molar-refractivity contribution is 0.0754. The third-order valence-electron chi connectivity index (χ3n) is 5.29. The molecule has 0 aromatic carbocycles. The van der Waals surface area contributed by atoms with Crippen LogP contribution in [0.2, 0.25) is 0 Å². The van der Waals surface area contributed by atoms with Crippen molar-refractivity contribution in [1.29, 1.82) is 0 Å². The summed E-state index contributed by atoms with van der Waals surface area (Å²) in [6, 6.07) is 1.65. The smallest absolute Gasteiger partial charge is 0.292 e. The molecule has 0 unspecified atom stereocenters. The van der Waals surface area contributed by atoms with E-state index in [1.54, 1.807) is 13.0 Å². The Hall–Kier alpha value is -2.64. The summed E-state index contributed by atoms with van der Waals surface area (Å²) in [7, 11) is 0. The van der Waals surface area contributed by atoms with Crippen LogP contribution < -0.4 is 5.32 Å². The number of amides is 2.